The van der Waals surface area contributed by atoms with Crippen molar-refractivity contribution in [3.05, 3.63) is 106 Å². The number of nitrogens with zero attached hydrogens (tertiary/aromatic N) is 3. The molecule has 0 saturated carbocycles. The Balaban J connectivity index is 1.37. The summed E-state index contributed by atoms with van der Waals surface area (Å²) in [7, 11) is 0. The molecule has 1 unspecified atom stereocenters. The Hall–Kier alpha value is -3.15. The van der Waals surface area contributed by atoms with Gasteiger partial charge < -0.3 is 5.11 Å². The molecule has 0 bridgehead atoms. The number of imidazole rings is 1. The normalized spacial score (nSPS) is 15.1. The van der Waals surface area contributed by atoms with Crippen molar-refractivity contribution in [1.29, 1.82) is 0 Å². The molecule has 2 heterocycles. The van der Waals surface area contributed by atoms with Gasteiger partial charge in [-0.15, -0.1) is 0 Å². The molecule has 32 heavy (non-hydrogen) atoms. The second-order valence-electron chi connectivity index (χ2n) is 8.86. The lowest BCUT2D eigenvalue weighted by Gasteiger charge is -2.30. The number of benzene rings is 3. The molecule has 1 N–H and O–H groups in total. The van der Waals surface area contributed by atoms with Crippen molar-refractivity contribution in [2.45, 2.75) is 39.1 Å². The van der Waals surface area contributed by atoms with E-state index in [-0.39, 0.29) is 5.69 Å². The highest BCUT2D eigenvalue weighted by Gasteiger charge is 2.21. The van der Waals surface area contributed by atoms with Crippen molar-refractivity contribution in [3.63, 3.8) is 0 Å². The molecular formula is C27H29N3O2. The Morgan fingerprint density at radius 1 is 0.844 bits per heavy atom. The Bertz CT molecular complexity index is 1290. The zero-order valence-electron chi connectivity index (χ0n) is 18.4. The minimum absolute atomic E-state index is 0.0742. The van der Waals surface area contributed by atoms with Crippen LogP contribution in [-0.4, -0.2) is 38.3 Å². The van der Waals surface area contributed by atoms with Crippen molar-refractivity contribution in [1.82, 2.24) is 14.0 Å². The van der Waals surface area contributed by atoms with E-state index in [1.54, 1.807) is 4.57 Å². The number of aliphatic hydroxyl groups is 1. The van der Waals surface area contributed by atoms with Crippen molar-refractivity contribution < 1.29 is 5.11 Å². The zero-order valence-corrected chi connectivity index (χ0v) is 18.4. The molecule has 0 fully saturated rings. The Morgan fingerprint density at radius 2 is 1.50 bits per heavy atom. The molecule has 0 spiro atoms. The second-order valence-corrected chi connectivity index (χ2v) is 8.86. The standard InChI is InChI=1S/C27H29N3O2/c1-20-10-12-21(13-11-20)16-29-25-8-4-5-9-26(25)30(27(29)32)19-24(31)18-28-15-14-22-6-2-3-7-23(22)17-28/h2-13,24,31H,14-19H2,1H3. The first-order chi connectivity index (χ1) is 15.6. The third-order valence-corrected chi connectivity index (χ3v) is 6.46. The average molecular weight is 428 g/mol. The molecule has 5 nitrogen and oxygen atoms in total. The van der Waals surface area contributed by atoms with Crippen LogP contribution in [0.15, 0.2) is 77.6 Å². The summed E-state index contributed by atoms with van der Waals surface area (Å²) in [6.07, 6.45) is 0.384. The van der Waals surface area contributed by atoms with Crippen LogP contribution in [0.4, 0.5) is 0 Å². The molecule has 3 aromatic carbocycles. The van der Waals surface area contributed by atoms with Gasteiger partial charge in [0.25, 0.3) is 0 Å². The third-order valence-electron chi connectivity index (χ3n) is 6.46. The first-order valence-corrected chi connectivity index (χ1v) is 11.3. The highest BCUT2D eigenvalue weighted by atomic mass is 16.3. The number of aryl methyl sites for hydroxylation is 1. The lowest BCUT2D eigenvalue weighted by molar-refractivity contribution is 0.0918. The number of aromatic nitrogens is 2. The molecule has 1 aliphatic rings. The molecule has 1 atom stereocenters. The van der Waals surface area contributed by atoms with Crippen LogP contribution in [0.25, 0.3) is 11.0 Å². The highest BCUT2D eigenvalue weighted by Crippen LogP contribution is 2.19. The summed E-state index contributed by atoms with van der Waals surface area (Å²) in [6, 6.07) is 24.6. The molecule has 4 aromatic rings. The number of para-hydroxylation sites is 2. The summed E-state index contributed by atoms with van der Waals surface area (Å²) in [5.74, 6) is 0. The number of rotatable bonds is 6. The van der Waals surface area contributed by atoms with E-state index in [0.717, 1.165) is 36.1 Å². The molecular weight excluding hydrogens is 398 g/mol. The van der Waals surface area contributed by atoms with Gasteiger partial charge in [-0.25, -0.2) is 4.79 Å². The maximum atomic E-state index is 13.4. The lowest BCUT2D eigenvalue weighted by Crippen LogP contribution is -2.39. The fraction of sp³-hybridized carbons (Fsp3) is 0.296. The van der Waals surface area contributed by atoms with Gasteiger partial charge in [-0.05, 0) is 42.2 Å². The van der Waals surface area contributed by atoms with E-state index in [4.69, 9.17) is 0 Å². The largest absolute Gasteiger partial charge is 0.390 e. The number of hydrogen-bond donors (Lipinski definition) is 1. The van der Waals surface area contributed by atoms with Crippen molar-refractivity contribution in [2.24, 2.45) is 0 Å². The lowest BCUT2D eigenvalue weighted by atomic mass is 10.00. The topological polar surface area (TPSA) is 50.4 Å². The van der Waals surface area contributed by atoms with Crippen molar-refractivity contribution >= 4 is 11.0 Å². The van der Waals surface area contributed by atoms with Gasteiger partial charge in [0.05, 0.1) is 30.2 Å². The fourth-order valence-electron chi connectivity index (χ4n) is 4.75. The molecule has 164 valence electrons. The second kappa shape index (κ2) is 8.77. The summed E-state index contributed by atoms with van der Waals surface area (Å²) in [5, 5.41) is 10.9. The van der Waals surface area contributed by atoms with Gasteiger partial charge in [-0.1, -0.05) is 66.2 Å². The SMILES string of the molecule is Cc1ccc(Cn2c(=O)n(CC(O)CN3CCc4ccccc4C3)c3ccccc32)cc1. The van der Waals surface area contributed by atoms with Gasteiger partial charge in [0, 0.05) is 19.6 Å². The molecule has 0 amide bonds. The number of β-amino-alcohol motifs (C(OH)–C–C–N with tert-alkyl or cyclic N) is 1. The Kier molecular flexibility index (Phi) is 5.68. The smallest absolute Gasteiger partial charge is 0.329 e. The molecule has 1 aromatic heterocycles. The monoisotopic (exact) mass is 427 g/mol. The van der Waals surface area contributed by atoms with Gasteiger partial charge in [0.15, 0.2) is 0 Å². The van der Waals surface area contributed by atoms with Gasteiger partial charge >= 0.3 is 5.69 Å². The van der Waals surface area contributed by atoms with Crippen molar-refractivity contribution in [2.75, 3.05) is 13.1 Å². The summed E-state index contributed by atoms with van der Waals surface area (Å²) >= 11 is 0. The van der Waals surface area contributed by atoms with Crippen LogP contribution in [-0.2, 0) is 26.1 Å². The summed E-state index contributed by atoms with van der Waals surface area (Å²) in [4.78, 5) is 15.6. The van der Waals surface area contributed by atoms with E-state index in [0.29, 0.717) is 19.6 Å². The van der Waals surface area contributed by atoms with Gasteiger partial charge in [0.2, 0.25) is 0 Å². The van der Waals surface area contributed by atoms with E-state index in [1.807, 2.05) is 28.8 Å². The van der Waals surface area contributed by atoms with E-state index in [1.165, 1.54) is 16.7 Å². The summed E-state index contributed by atoms with van der Waals surface area (Å²) in [5.41, 5.74) is 6.71. The van der Waals surface area contributed by atoms with E-state index < -0.39 is 6.10 Å². The Morgan fingerprint density at radius 3 is 2.25 bits per heavy atom. The summed E-state index contributed by atoms with van der Waals surface area (Å²) < 4.78 is 3.54. The van der Waals surface area contributed by atoms with Crippen LogP contribution in [0.1, 0.15) is 22.3 Å². The third kappa shape index (κ3) is 4.14. The van der Waals surface area contributed by atoms with Gasteiger partial charge in [0.1, 0.15) is 0 Å². The van der Waals surface area contributed by atoms with Crippen LogP contribution in [0.2, 0.25) is 0 Å². The van der Waals surface area contributed by atoms with Crippen LogP contribution in [0, 0.1) is 6.92 Å². The van der Waals surface area contributed by atoms with E-state index >= 15 is 0 Å². The summed E-state index contributed by atoms with van der Waals surface area (Å²) in [6.45, 7) is 5.20. The minimum Gasteiger partial charge on any atom is -0.390 e. The first-order valence-electron chi connectivity index (χ1n) is 11.3. The number of fused-ring (bicyclic) bond motifs is 2. The first kappa shape index (κ1) is 20.7. The average Bonchev–Trinajstić information content (AvgIpc) is 3.06. The molecule has 0 aliphatic carbocycles. The predicted molar refractivity (Wildman–Crippen MR) is 128 cm³/mol. The fourth-order valence-corrected chi connectivity index (χ4v) is 4.75. The maximum absolute atomic E-state index is 13.4. The minimum atomic E-state index is -0.614. The van der Waals surface area contributed by atoms with Crippen LogP contribution < -0.4 is 5.69 Å². The Labute approximate surface area is 188 Å². The molecule has 5 heteroatoms. The quantitative estimate of drug-likeness (QED) is 0.512. The molecule has 0 radical (unpaired) electrons. The van der Waals surface area contributed by atoms with Gasteiger partial charge in [-0.3, -0.25) is 14.0 Å². The number of hydrogen-bond acceptors (Lipinski definition) is 3. The van der Waals surface area contributed by atoms with E-state index in [2.05, 4.69) is 60.4 Å². The van der Waals surface area contributed by atoms with Crippen LogP contribution >= 0.6 is 0 Å². The maximum Gasteiger partial charge on any atom is 0.329 e. The number of aliphatic hydroxyl groups excluding tert-OH is 1. The molecule has 0 saturated heterocycles. The zero-order chi connectivity index (χ0) is 22.1. The van der Waals surface area contributed by atoms with Gasteiger partial charge in [-0.2, -0.15) is 0 Å². The van der Waals surface area contributed by atoms with Crippen LogP contribution in [0.3, 0.4) is 0 Å². The molecule has 5 rings (SSSR count). The van der Waals surface area contributed by atoms with E-state index in [9.17, 15) is 9.90 Å². The van der Waals surface area contributed by atoms with Crippen LogP contribution in [0.5, 0.6) is 0 Å². The molecule has 1 aliphatic heterocycles. The highest BCUT2D eigenvalue weighted by molar-refractivity contribution is 5.76. The van der Waals surface area contributed by atoms with Crippen molar-refractivity contribution in [3.8, 4) is 0 Å². The predicted octanol–water partition coefficient (Wildman–Crippen LogP) is 3.58.